The highest BCUT2D eigenvalue weighted by molar-refractivity contribution is 7.13. The van der Waals surface area contributed by atoms with E-state index in [0.717, 1.165) is 11.3 Å². The lowest BCUT2D eigenvalue weighted by molar-refractivity contribution is -0.126. The third-order valence-corrected chi connectivity index (χ3v) is 3.93. The quantitative estimate of drug-likeness (QED) is 0.829. The molecular formula is C12H18N2O4S. The molecule has 0 bridgehead atoms. The molecule has 0 saturated heterocycles. The van der Waals surface area contributed by atoms with E-state index in [1.165, 1.54) is 7.11 Å². The van der Waals surface area contributed by atoms with E-state index in [1.54, 1.807) is 20.8 Å². The Labute approximate surface area is 115 Å². The first-order valence-corrected chi connectivity index (χ1v) is 6.68. The minimum atomic E-state index is -0.993. The monoisotopic (exact) mass is 286 g/mol. The van der Waals surface area contributed by atoms with Crippen LogP contribution in [0, 0.1) is 12.8 Å². The van der Waals surface area contributed by atoms with Crippen LogP contribution in [0.1, 0.15) is 40.3 Å². The lowest BCUT2D eigenvalue weighted by Crippen LogP contribution is -2.33. The lowest BCUT2D eigenvalue weighted by atomic mass is 10.1. The Bertz CT molecular complexity index is 472. The first kappa shape index (κ1) is 15.6. The van der Waals surface area contributed by atoms with Gasteiger partial charge in [-0.15, -0.1) is 11.3 Å². The number of amides is 1. The Morgan fingerprint density at radius 2 is 2.11 bits per heavy atom. The van der Waals surface area contributed by atoms with Crippen molar-refractivity contribution in [3.8, 4) is 0 Å². The molecule has 1 aromatic heterocycles. The molecule has 1 rings (SSSR count). The van der Waals surface area contributed by atoms with E-state index in [0.29, 0.717) is 17.3 Å². The molecule has 1 heterocycles. The molecule has 7 heteroatoms. The van der Waals surface area contributed by atoms with Crippen LogP contribution in [-0.4, -0.2) is 35.7 Å². The highest BCUT2D eigenvalue weighted by atomic mass is 32.1. The van der Waals surface area contributed by atoms with Gasteiger partial charge in [-0.3, -0.25) is 4.79 Å². The Balaban J connectivity index is 2.73. The summed E-state index contributed by atoms with van der Waals surface area (Å²) in [6.07, 6.45) is 0. The maximum absolute atomic E-state index is 11.8. The van der Waals surface area contributed by atoms with Crippen LogP contribution in [0.2, 0.25) is 0 Å². The van der Waals surface area contributed by atoms with Crippen LogP contribution in [-0.2, 0) is 9.53 Å². The Kier molecular flexibility index (Phi) is 5.44. The van der Waals surface area contributed by atoms with Gasteiger partial charge in [-0.1, -0.05) is 6.92 Å². The second kappa shape index (κ2) is 6.63. The van der Waals surface area contributed by atoms with Crippen molar-refractivity contribution in [3.05, 3.63) is 15.6 Å². The fourth-order valence-electron chi connectivity index (χ4n) is 1.54. The molecule has 2 N–H and O–H groups in total. The van der Waals surface area contributed by atoms with Crippen molar-refractivity contribution in [2.45, 2.75) is 26.8 Å². The van der Waals surface area contributed by atoms with Crippen LogP contribution in [0.15, 0.2) is 0 Å². The van der Waals surface area contributed by atoms with E-state index in [-0.39, 0.29) is 22.7 Å². The molecule has 0 aliphatic carbocycles. The molecule has 0 aromatic carbocycles. The van der Waals surface area contributed by atoms with Crippen molar-refractivity contribution in [2.24, 2.45) is 5.92 Å². The van der Waals surface area contributed by atoms with E-state index in [9.17, 15) is 9.59 Å². The second-order valence-corrected chi connectivity index (χ2v) is 5.39. The molecule has 19 heavy (non-hydrogen) atoms. The molecule has 0 saturated carbocycles. The summed E-state index contributed by atoms with van der Waals surface area (Å²) in [7, 11) is 1.54. The molecule has 2 atom stereocenters. The van der Waals surface area contributed by atoms with Crippen molar-refractivity contribution >= 4 is 23.2 Å². The number of hydrogen-bond acceptors (Lipinski definition) is 5. The van der Waals surface area contributed by atoms with E-state index < -0.39 is 5.97 Å². The number of rotatable bonds is 6. The Hall–Kier alpha value is -1.47. The summed E-state index contributed by atoms with van der Waals surface area (Å²) < 4.78 is 4.92. The second-order valence-electron chi connectivity index (χ2n) is 4.36. The maximum Gasteiger partial charge on any atom is 0.347 e. The predicted octanol–water partition coefficient (Wildman–Crippen LogP) is 1.61. The van der Waals surface area contributed by atoms with Gasteiger partial charge >= 0.3 is 5.97 Å². The van der Waals surface area contributed by atoms with Crippen LogP contribution in [0.3, 0.4) is 0 Å². The number of ether oxygens (including phenoxy) is 1. The Morgan fingerprint density at radius 1 is 1.47 bits per heavy atom. The van der Waals surface area contributed by atoms with E-state index >= 15 is 0 Å². The molecule has 1 aromatic rings. The van der Waals surface area contributed by atoms with Crippen LogP contribution in [0.5, 0.6) is 0 Å². The average molecular weight is 286 g/mol. The van der Waals surface area contributed by atoms with Crippen LogP contribution >= 0.6 is 11.3 Å². The standard InChI is InChI=1S/C12H18N2O4S/c1-6(5-18-4)10(15)13-8(3)11-14-7(2)9(19-11)12(16)17/h6,8H,5H2,1-4H3,(H,13,15)(H,16,17). The number of nitrogens with zero attached hydrogens (tertiary/aromatic N) is 1. The number of aryl methyl sites for hydroxylation is 1. The zero-order valence-electron chi connectivity index (χ0n) is 11.4. The minimum absolute atomic E-state index is 0.140. The minimum Gasteiger partial charge on any atom is -0.477 e. The molecule has 0 spiro atoms. The third kappa shape index (κ3) is 4.00. The number of hydrogen-bond donors (Lipinski definition) is 2. The van der Waals surface area contributed by atoms with Crippen molar-refractivity contribution in [1.29, 1.82) is 0 Å². The summed E-state index contributed by atoms with van der Waals surface area (Å²) in [6.45, 7) is 5.53. The smallest absolute Gasteiger partial charge is 0.347 e. The summed E-state index contributed by atoms with van der Waals surface area (Å²) >= 11 is 1.09. The van der Waals surface area contributed by atoms with Gasteiger partial charge in [0.25, 0.3) is 0 Å². The summed E-state index contributed by atoms with van der Waals surface area (Å²) in [4.78, 5) is 27.1. The molecule has 0 aliphatic heterocycles. The fraction of sp³-hybridized carbons (Fsp3) is 0.583. The zero-order chi connectivity index (χ0) is 14.6. The summed E-state index contributed by atoms with van der Waals surface area (Å²) in [5, 5.41) is 12.4. The molecule has 0 fully saturated rings. The summed E-state index contributed by atoms with van der Waals surface area (Å²) in [6, 6.07) is -0.316. The van der Waals surface area contributed by atoms with Gasteiger partial charge in [0.05, 0.1) is 24.3 Å². The lowest BCUT2D eigenvalue weighted by Gasteiger charge is -2.15. The van der Waals surface area contributed by atoms with E-state index in [4.69, 9.17) is 9.84 Å². The number of carbonyl (C=O) groups is 2. The highest BCUT2D eigenvalue weighted by Gasteiger charge is 2.21. The molecule has 0 aliphatic rings. The normalized spacial score (nSPS) is 13.9. The molecule has 2 unspecified atom stereocenters. The first-order valence-electron chi connectivity index (χ1n) is 5.86. The van der Waals surface area contributed by atoms with Crippen LogP contribution < -0.4 is 5.32 Å². The molecule has 106 valence electrons. The number of carboxylic acids is 1. The van der Waals surface area contributed by atoms with Crippen LogP contribution in [0.4, 0.5) is 0 Å². The highest BCUT2D eigenvalue weighted by Crippen LogP contribution is 2.23. The number of methoxy groups -OCH3 is 1. The SMILES string of the molecule is COCC(C)C(=O)NC(C)c1nc(C)c(C(=O)O)s1. The van der Waals surface area contributed by atoms with Gasteiger partial charge in [0, 0.05) is 7.11 Å². The molecule has 1 amide bonds. The molecular weight excluding hydrogens is 268 g/mol. The van der Waals surface area contributed by atoms with E-state index in [2.05, 4.69) is 10.3 Å². The van der Waals surface area contributed by atoms with Gasteiger partial charge in [0.15, 0.2) is 0 Å². The molecule has 0 radical (unpaired) electrons. The number of carboxylic acid groups (broad SMARTS) is 1. The largest absolute Gasteiger partial charge is 0.477 e. The first-order chi connectivity index (χ1) is 8.86. The van der Waals surface area contributed by atoms with Crippen molar-refractivity contribution in [2.75, 3.05) is 13.7 Å². The van der Waals surface area contributed by atoms with Crippen LogP contribution in [0.25, 0.3) is 0 Å². The Morgan fingerprint density at radius 3 is 2.58 bits per heavy atom. The van der Waals surface area contributed by atoms with Gasteiger partial charge in [-0.25, -0.2) is 9.78 Å². The number of nitrogens with one attached hydrogen (secondary N) is 1. The fourth-order valence-corrected chi connectivity index (χ4v) is 2.45. The predicted molar refractivity (Wildman–Crippen MR) is 71.4 cm³/mol. The zero-order valence-corrected chi connectivity index (χ0v) is 12.2. The van der Waals surface area contributed by atoms with Gasteiger partial charge in [0.2, 0.25) is 5.91 Å². The van der Waals surface area contributed by atoms with E-state index in [1.807, 2.05) is 0 Å². The summed E-state index contributed by atoms with van der Waals surface area (Å²) in [5.41, 5.74) is 0.471. The number of thiazole rings is 1. The topological polar surface area (TPSA) is 88.5 Å². The van der Waals surface area contributed by atoms with Gasteiger partial charge in [0.1, 0.15) is 9.88 Å². The van der Waals surface area contributed by atoms with Crippen molar-refractivity contribution in [1.82, 2.24) is 10.3 Å². The van der Waals surface area contributed by atoms with Gasteiger partial charge in [-0.05, 0) is 13.8 Å². The third-order valence-electron chi connectivity index (χ3n) is 2.60. The number of aromatic carboxylic acids is 1. The number of carbonyl (C=O) groups excluding carboxylic acids is 1. The van der Waals surface area contributed by atoms with Gasteiger partial charge in [-0.2, -0.15) is 0 Å². The molecule has 6 nitrogen and oxygen atoms in total. The van der Waals surface area contributed by atoms with Crippen molar-refractivity contribution in [3.63, 3.8) is 0 Å². The number of aromatic nitrogens is 1. The maximum atomic E-state index is 11.8. The average Bonchev–Trinajstić information content (AvgIpc) is 2.71. The van der Waals surface area contributed by atoms with Crippen molar-refractivity contribution < 1.29 is 19.4 Å². The van der Waals surface area contributed by atoms with Gasteiger partial charge < -0.3 is 15.2 Å². The summed E-state index contributed by atoms with van der Waals surface area (Å²) in [5.74, 6) is -1.39.